The average Bonchev–Trinajstić information content (AvgIpc) is 2.27. The molecule has 1 heterocycles. The number of anilines is 1. The van der Waals surface area contributed by atoms with Crippen LogP contribution in [-0.2, 0) is 0 Å². The van der Waals surface area contributed by atoms with E-state index in [2.05, 4.69) is 31.1 Å². The van der Waals surface area contributed by atoms with Crippen LogP contribution in [0.1, 0.15) is 56.1 Å². The van der Waals surface area contributed by atoms with Gasteiger partial charge in [-0.25, -0.2) is 9.78 Å². The van der Waals surface area contributed by atoms with E-state index < -0.39 is 5.97 Å². The molecule has 0 aliphatic rings. The molecule has 0 aromatic carbocycles. The van der Waals surface area contributed by atoms with E-state index in [0.717, 1.165) is 18.2 Å². The van der Waals surface area contributed by atoms with Crippen LogP contribution >= 0.6 is 0 Å². The Hall–Kier alpha value is -1.58. The molecule has 1 unspecified atom stereocenters. The molecule has 0 saturated heterocycles. The lowest BCUT2D eigenvalue weighted by atomic mass is 10.0. The van der Waals surface area contributed by atoms with Crippen LogP contribution in [-0.4, -0.2) is 22.1 Å². The van der Waals surface area contributed by atoms with Crippen molar-refractivity contribution in [1.29, 1.82) is 0 Å². The second-order valence-electron chi connectivity index (χ2n) is 5.50. The summed E-state index contributed by atoms with van der Waals surface area (Å²) in [6, 6.07) is 3.68. The summed E-state index contributed by atoms with van der Waals surface area (Å²) in [6.07, 6.45) is 3.52. The molecule has 106 valence electrons. The molecule has 4 nitrogen and oxygen atoms in total. The van der Waals surface area contributed by atoms with Crippen molar-refractivity contribution in [2.24, 2.45) is 5.92 Å². The molecular weight excluding hydrogens is 240 g/mol. The van der Waals surface area contributed by atoms with Crippen molar-refractivity contribution in [2.45, 2.75) is 53.0 Å². The third kappa shape index (κ3) is 5.28. The molecule has 0 radical (unpaired) electrons. The van der Waals surface area contributed by atoms with Crippen molar-refractivity contribution < 1.29 is 9.90 Å². The van der Waals surface area contributed by atoms with Crippen LogP contribution in [0.4, 0.5) is 5.82 Å². The largest absolute Gasteiger partial charge is 0.478 e. The van der Waals surface area contributed by atoms with Gasteiger partial charge < -0.3 is 10.4 Å². The molecule has 1 atom stereocenters. The maximum atomic E-state index is 10.9. The van der Waals surface area contributed by atoms with Crippen LogP contribution in [0.5, 0.6) is 0 Å². The maximum Gasteiger partial charge on any atom is 0.337 e. The number of nitrogens with zero attached hydrogens (tertiary/aromatic N) is 1. The summed E-state index contributed by atoms with van der Waals surface area (Å²) >= 11 is 0. The van der Waals surface area contributed by atoms with Gasteiger partial charge in [-0.2, -0.15) is 0 Å². The summed E-state index contributed by atoms with van der Waals surface area (Å²) in [4.78, 5) is 15.2. The normalized spacial score (nSPS) is 12.5. The van der Waals surface area contributed by atoms with E-state index in [4.69, 9.17) is 5.11 Å². The molecule has 0 aliphatic heterocycles. The van der Waals surface area contributed by atoms with E-state index >= 15 is 0 Å². The van der Waals surface area contributed by atoms with Crippen molar-refractivity contribution in [1.82, 2.24) is 4.98 Å². The van der Waals surface area contributed by atoms with E-state index in [1.807, 2.05) is 0 Å². The molecule has 2 N–H and O–H groups in total. The lowest BCUT2D eigenvalue weighted by Gasteiger charge is -2.15. The molecule has 1 aromatic rings. The number of carboxylic acid groups (broad SMARTS) is 1. The highest BCUT2D eigenvalue weighted by atomic mass is 16.4. The van der Waals surface area contributed by atoms with Gasteiger partial charge in [-0.3, -0.25) is 0 Å². The van der Waals surface area contributed by atoms with Crippen molar-refractivity contribution in [3.8, 4) is 0 Å². The molecule has 19 heavy (non-hydrogen) atoms. The Balaban J connectivity index is 2.53. The number of hydrogen-bond acceptors (Lipinski definition) is 3. The van der Waals surface area contributed by atoms with Crippen LogP contribution in [0, 0.1) is 12.8 Å². The number of hydrogen-bond donors (Lipinski definition) is 2. The highest BCUT2D eigenvalue weighted by Gasteiger charge is 2.10. The van der Waals surface area contributed by atoms with E-state index in [1.54, 1.807) is 19.1 Å². The maximum absolute atomic E-state index is 10.9. The minimum absolute atomic E-state index is 0.262. The lowest BCUT2D eigenvalue weighted by Crippen LogP contribution is -2.17. The Morgan fingerprint density at radius 2 is 2.00 bits per heavy atom. The summed E-state index contributed by atoms with van der Waals surface area (Å²) < 4.78 is 0. The molecule has 0 amide bonds. The zero-order valence-electron chi connectivity index (χ0n) is 12.2. The van der Waals surface area contributed by atoms with Gasteiger partial charge in [0.2, 0.25) is 0 Å². The zero-order chi connectivity index (χ0) is 14.4. The molecule has 0 bridgehead atoms. The zero-order valence-corrected chi connectivity index (χ0v) is 12.2. The third-order valence-corrected chi connectivity index (χ3v) is 3.13. The van der Waals surface area contributed by atoms with Gasteiger partial charge in [-0.15, -0.1) is 0 Å². The summed E-state index contributed by atoms with van der Waals surface area (Å²) in [5.74, 6) is 0.559. The smallest absolute Gasteiger partial charge is 0.337 e. The highest BCUT2D eigenvalue weighted by molar-refractivity contribution is 5.89. The van der Waals surface area contributed by atoms with Gasteiger partial charge in [0, 0.05) is 6.04 Å². The summed E-state index contributed by atoms with van der Waals surface area (Å²) in [6.45, 7) is 8.31. The van der Waals surface area contributed by atoms with Gasteiger partial charge >= 0.3 is 5.97 Å². The summed E-state index contributed by atoms with van der Waals surface area (Å²) in [5.41, 5.74) is 0.810. The summed E-state index contributed by atoms with van der Waals surface area (Å²) in [7, 11) is 0. The molecule has 1 aromatic heterocycles. The van der Waals surface area contributed by atoms with Crippen LogP contribution < -0.4 is 5.32 Å². The van der Waals surface area contributed by atoms with Gasteiger partial charge in [-0.1, -0.05) is 26.7 Å². The molecule has 0 aliphatic carbocycles. The molecule has 0 spiro atoms. The van der Waals surface area contributed by atoms with E-state index in [-0.39, 0.29) is 5.56 Å². The Labute approximate surface area is 115 Å². The van der Waals surface area contributed by atoms with Gasteiger partial charge in [0.05, 0.1) is 11.3 Å². The predicted octanol–water partition coefficient (Wildman–Crippen LogP) is 3.71. The topological polar surface area (TPSA) is 62.2 Å². The number of aryl methyl sites for hydroxylation is 1. The Kier molecular flexibility index (Phi) is 5.80. The molecular formula is C15H24N2O2. The second-order valence-corrected chi connectivity index (χ2v) is 5.50. The number of carbonyl (C=O) groups is 1. The highest BCUT2D eigenvalue weighted by Crippen LogP contribution is 2.14. The number of carboxylic acids is 1. The van der Waals surface area contributed by atoms with Gasteiger partial charge in [0.25, 0.3) is 0 Å². The number of rotatable bonds is 7. The Bertz CT molecular complexity index is 430. The average molecular weight is 264 g/mol. The van der Waals surface area contributed by atoms with Crippen molar-refractivity contribution in [3.63, 3.8) is 0 Å². The van der Waals surface area contributed by atoms with Crippen LogP contribution in [0.15, 0.2) is 12.1 Å². The SMILES string of the molecule is Cc1nc(NC(C)CCCC(C)C)ccc1C(=O)O. The minimum Gasteiger partial charge on any atom is -0.478 e. The molecule has 0 fully saturated rings. The minimum atomic E-state index is -0.929. The number of pyridine rings is 1. The van der Waals surface area contributed by atoms with E-state index in [1.165, 1.54) is 12.8 Å². The van der Waals surface area contributed by atoms with E-state index in [9.17, 15) is 4.79 Å². The first-order valence-corrected chi connectivity index (χ1v) is 6.87. The molecule has 0 saturated carbocycles. The Morgan fingerprint density at radius 1 is 1.32 bits per heavy atom. The number of nitrogens with one attached hydrogen (secondary N) is 1. The van der Waals surface area contributed by atoms with Crippen LogP contribution in [0.25, 0.3) is 0 Å². The van der Waals surface area contributed by atoms with Gasteiger partial charge in [0.15, 0.2) is 0 Å². The number of aromatic nitrogens is 1. The van der Waals surface area contributed by atoms with Crippen molar-refractivity contribution in [3.05, 3.63) is 23.4 Å². The fourth-order valence-electron chi connectivity index (χ4n) is 2.02. The quantitative estimate of drug-likeness (QED) is 0.788. The lowest BCUT2D eigenvalue weighted by molar-refractivity contribution is 0.0695. The second kappa shape index (κ2) is 7.12. The van der Waals surface area contributed by atoms with Gasteiger partial charge in [-0.05, 0) is 38.3 Å². The first kappa shape index (κ1) is 15.5. The van der Waals surface area contributed by atoms with E-state index in [0.29, 0.717) is 11.7 Å². The third-order valence-electron chi connectivity index (χ3n) is 3.13. The van der Waals surface area contributed by atoms with Gasteiger partial charge in [0.1, 0.15) is 5.82 Å². The monoisotopic (exact) mass is 264 g/mol. The molecule has 1 rings (SSSR count). The van der Waals surface area contributed by atoms with Crippen molar-refractivity contribution in [2.75, 3.05) is 5.32 Å². The van der Waals surface area contributed by atoms with Crippen molar-refractivity contribution >= 4 is 11.8 Å². The van der Waals surface area contributed by atoms with Crippen LogP contribution in [0.3, 0.4) is 0 Å². The Morgan fingerprint density at radius 3 is 2.53 bits per heavy atom. The summed E-state index contributed by atoms with van der Waals surface area (Å²) in [5, 5.41) is 12.3. The predicted molar refractivity (Wildman–Crippen MR) is 77.7 cm³/mol. The fraction of sp³-hybridized carbons (Fsp3) is 0.600. The number of aromatic carboxylic acids is 1. The molecule has 4 heteroatoms. The standard InChI is InChI=1S/C15H24N2O2/c1-10(2)6-5-7-11(3)16-14-9-8-13(15(18)19)12(4)17-14/h8-11H,5-7H2,1-4H3,(H,16,17)(H,18,19). The first-order valence-electron chi connectivity index (χ1n) is 6.87. The first-order chi connectivity index (χ1) is 8.90. The van der Waals surface area contributed by atoms with Crippen LogP contribution in [0.2, 0.25) is 0 Å². The fourth-order valence-corrected chi connectivity index (χ4v) is 2.02.